The number of benzene rings is 2. The molecule has 2 aliphatic carbocycles. The molecule has 2 aliphatic rings. The van der Waals surface area contributed by atoms with Crippen LogP contribution in [0.1, 0.15) is 69.3 Å². The van der Waals surface area contributed by atoms with E-state index in [1.54, 1.807) is 12.1 Å². The molecule has 2 unspecified atom stereocenters. The number of ether oxygens (including phenoxy) is 1. The Morgan fingerprint density at radius 2 is 1.67 bits per heavy atom. The Morgan fingerprint density at radius 1 is 0.967 bits per heavy atom. The van der Waals surface area contributed by atoms with Gasteiger partial charge in [-0.05, 0) is 72.3 Å². The molecule has 0 bridgehead atoms. The summed E-state index contributed by atoms with van der Waals surface area (Å²) in [5.74, 6) is 0.226. The fourth-order valence-corrected chi connectivity index (χ4v) is 5.52. The molecule has 2 fully saturated rings. The highest BCUT2D eigenvalue weighted by atomic mass is 16.5. The molecule has 0 saturated heterocycles. The zero-order valence-corrected chi connectivity index (χ0v) is 18.6. The Bertz CT molecular complexity index is 981. The van der Waals surface area contributed by atoms with Gasteiger partial charge in [0.05, 0.1) is 5.56 Å². The molecule has 156 valence electrons. The molecule has 0 amide bonds. The van der Waals surface area contributed by atoms with E-state index in [-0.39, 0.29) is 5.97 Å². The Hall–Kier alpha value is -2.61. The maximum atomic E-state index is 12.3. The molecule has 2 atom stereocenters. The van der Waals surface area contributed by atoms with Gasteiger partial charge in [0.2, 0.25) is 0 Å². The van der Waals surface area contributed by atoms with E-state index in [1.807, 2.05) is 42.5 Å². The molecule has 2 heteroatoms. The molecule has 0 N–H and O–H groups in total. The zero-order valence-electron chi connectivity index (χ0n) is 18.6. The highest BCUT2D eigenvalue weighted by Crippen LogP contribution is 2.78. The van der Waals surface area contributed by atoms with Gasteiger partial charge in [0.15, 0.2) is 0 Å². The molecule has 0 spiro atoms. The standard InChI is InChI=1S/C28H32O2/c1-21(15-18-28-20-27(28,4)17-8-16-26(28,2)3)19-22-11-13-23(14-12-22)25(29)30-24-9-6-5-7-10-24/h5-7,9-15,18-19H,8,16-17,20H2,1-4H3/b18-15?,21-19+. The fourth-order valence-electron chi connectivity index (χ4n) is 5.52. The second-order valence-electron chi connectivity index (χ2n) is 9.99. The third-order valence-electron chi connectivity index (χ3n) is 7.48. The average Bonchev–Trinajstić information content (AvgIpc) is 3.35. The van der Waals surface area contributed by atoms with E-state index in [0.717, 1.165) is 5.56 Å². The molecule has 0 aromatic heterocycles. The van der Waals surface area contributed by atoms with E-state index in [2.05, 4.69) is 45.9 Å². The van der Waals surface area contributed by atoms with Crippen molar-refractivity contribution < 1.29 is 9.53 Å². The normalized spacial score (nSPS) is 27.5. The van der Waals surface area contributed by atoms with E-state index in [4.69, 9.17) is 4.74 Å². The van der Waals surface area contributed by atoms with Crippen molar-refractivity contribution in [2.75, 3.05) is 0 Å². The van der Waals surface area contributed by atoms with Crippen LogP contribution >= 0.6 is 0 Å². The molecule has 0 radical (unpaired) electrons. The van der Waals surface area contributed by atoms with Crippen LogP contribution in [0.3, 0.4) is 0 Å². The van der Waals surface area contributed by atoms with Crippen molar-refractivity contribution in [1.29, 1.82) is 0 Å². The number of fused-ring (bicyclic) bond motifs is 1. The first-order valence-electron chi connectivity index (χ1n) is 11.0. The molecule has 30 heavy (non-hydrogen) atoms. The van der Waals surface area contributed by atoms with E-state index >= 15 is 0 Å². The predicted octanol–water partition coefficient (Wildman–Crippen LogP) is 7.47. The van der Waals surface area contributed by atoms with Crippen LogP contribution in [0, 0.1) is 16.2 Å². The van der Waals surface area contributed by atoms with Crippen LogP contribution in [0.4, 0.5) is 0 Å². The Morgan fingerprint density at radius 3 is 2.33 bits per heavy atom. The molecule has 2 nitrogen and oxygen atoms in total. The average molecular weight is 401 g/mol. The lowest BCUT2D eigenvalue weighted by Gasteiger charge is -2.41. The van der Waals surface area contributed by atoms with Gasteiger partial charge in [-0.25, -0.2) is 4.79 Å². The lowest BCUT2D eigenvalue weighted by Crippen LogP contribution is -2.32. The zero-order chi connectivity index (χ0) is 21.4. The third-order valence-corrected chi connectivity index (χ3v) is 7.48. The first-order chi connectivity index (χ1) is 14.2. The number of carbonyl (C=O) groups is 1. The Labute approximate surface area is 180 Å². The lowest BCUT2D eigenvalue weighted by atomic mass is 9.63. The second-order valence-corrected chi connectivity index (χ2v) is 9.99. The van der Waals surface area contributed by atoms with Gasteiger partial charge >= 0.3 is 5.97 Å². The van der Waals surface area contributed by atoms with Gasteiger partial charge in [-0.3, -0.25) is 0 Å². The van der Waals surface area contributed by atoms with Gasteiger partial charge in [-0.1, -0.05) is 81.3 Å². The predicted molar refractivity (Wildman–Crippen MR) is 123 cm³/mol. The van der Waals surface area contributed by atoms with Gasteiger partial charge < -0.3 is 4.74 Å². The number of allylic oxidation sites excluding steroid dienone is 3. The van der Waals surface area contributed by atoms with Gasteiger partial charge in [0, 0.05) is 0 Å². The van der Waals surface area contributed by atoms with Crippen LogP contribution in [0.2, 0.25) is 0 Å². The minimum absolute atomic E-state index is 0.333. The minimum Gasteiger partial charge on any atom is -0.423 e. The highest BCUT2D eigenvalue weighted by Gasteiger charge is 2.69. The fraction of sp³-hybridized carbons (Fsp3) is 0.393. The van der Waals surface area contributed by atoms with Crippen LogP contribution in [-0.2, 0) is 0 Å². The topological polar surface area (TPSA) is 26.3 Å². The lowest BCUT2D eigenvalue weighted by molar-refractivity contribution is 0.0735. The summed E-state index contributed by atoms with van der Waals surface area (Å²) in [5.41, 5.74) is 4.08. The van der Waals surface area contributed by atoms with Crippen LogP contribution in [0.25, 0.3) is 6.08 Å². The van der Waals surface area contributed by atoms with Crippen LogP contribution in [0.5, 0.6) is 5.75 Å². The van der Waals surface area contributed by atoms with Gasteiger partial charge in [0.25, 0.3) is 0 Å². The van der Waals surface area contributed by atoms with Crippen molar-refractivity contribution in [3.8, 4) is 5.75 Å². The van der Waals surface area contributed by atoms with Crippen LogP contribution in [0.15, 0.2) is 72.3 Å². The summed E-state index contributed by atoms with van der Waals surface area (Å²) in [6, 6.07) is 16.8. The maximum Gasteiger partial charge on any atom is 0.343 e. The molecule has 2 aromatic carbocycles. The van der Waals surface area contributed by atoms with Crippen molar-refractivity contribution in [2.45, 2.75) is 53.4 Å². The molecule has 2 aromatic rings. The van der Waals surface area contributed by atoms with Crippen LogP contribution in [-0.4, -0.2) is 5.97 Å². The summed E-state index contributed by atoms with van der Waals surface area (Å²) >= 11 is 0. The Kier molecular flexibility index (Phi) is 5.22. The van der Waals surface area contributed by atoms with Crippen molar-refractivity contribution >= 4 is 12.0 Å². The largest absolute Gasteiger partial charge is 0.423 e. The van der Waals surface area contributed by atoms with Crippen molar-refractivity contribution in [2.24, 2.45) is 16.2 Å². The van der Waals surface area contributed by atoms with E-state index in [1.165, 1.54) is 31.3 Å². The summed E-state index contributed by atoms with van der Waals surface area (Å²) in [6.07, 6.45) is 12.3. The number of para-hydroxylation sites is 1. The summed E-state index contributed by atoms with van der Waals surface area (Å²) in [4.78, 5) is 12.3. The number of hydrogen-bond acceptors (Lipinski definition) is 2. The van der Waals surface area contributed by atoms with Crippen molar-refractivity contribution in [1.82, 2.24) is 0 Å². The number of hydrogen-bond donors (Lipinski definition) is 0. The summed E-state index contributed by atoms with van der Waals surface area (Å²) in [7, 11) is 0. The van der Waals surface area contributed by atoms with Crippen molar-refractivity contribution in [3.63, 3.8) is 0 Å². The van der Waals surface area contributed by atoms with E-state index in [0.29, 0.717) is 27.6 Å². The van der Waals surface area contributed by atoms with Gasteiger partial charge in [-0.15, -0.1) is 0 Å². The van der Waals surface area contributed by atoms with Crippen molar-refractivity contribution in [3.05, 3.63) is 83.4 Å². The molecule has 4 rings (SSSR count). The molecule has 2 saturated carbocycles. The summed E-state index contributed by atoms with van der Waals surface area (Å²) in [5, 5.41) is 0. The van der Waals surface area contributed by atoms with Gasteiger partial charge in [0.1, 0.15) is 5.75 Å². The van der Waals surface area contributed by atoms with Crippen LogP contribution < -0.4 is 4.74 Å². The number of carbonyl (C=O) groups excluding carboxylic acids is 1. The molecule has 0 aliphatic heterocycles. The maximum absolute atomic E-state index is 12.3. The van der Waals surface area contributed by atoms with Gasteiger partial charge in [-0.2, -0.15) is 0 Å². The number of esters is 1. The highest BCUT2D eigenvalue weighted by molar-refractivity contribution is 5.91. The van der Waals surface area contributed by atoms with E-state index in [9.17, 15) is 4.79 Å². The third kappa shape index (κ3) is 3.76. The Balaban J connectivity index is 1.44. The smallest absolute Gasteiger partial charge is 0.343 e. The van der Waals surface area contributed by atoms with E-state index < -0.39 is 0 Å². The summed E-state index contributed by atoms with van der Waals surface area (Å²) in [6.45, 7) is 9.49. The SMILES string of the molecule is C/C(C=CC12CC1(C)CCCC2(C)C)=C\c1ccc(C(=O)Oc2ccccc2)cc1. The minimum atomic E-state index is -0.333. The second kappa shape index (κ2) is 7.58. The number of rotatable bonds is 5. The first kappa shape index (κ1) is 20.7. The quantitative estimate of drug-likeness (QED) is 0.295. The first-order valence-corrected chi connectivity index (χ1v) is 11.0. The monoisotopic (exact) mass is 400 g/mol. The molecular weight excluding hydrogens is 368 g/mol. The summed E-state index contributed by atoms with van der Waals surface area (Å²) < 4.78 is 5.41. The molecule has 0 heterocycles. The molecular formula is C28H32O2.